The van der Waals surface area contributed by atoms with E-state index in [0.29, 0.717) is 13.0 Å². The highest BCUT2D eigenvalue weighted by Crippen LogP contribution is 2.03. The number of carbonyl (C=O) groups excluding carboxylic acids is 2. The molecule has 0 aliphatic carbocycles. The summed E-state index contributed by atoms with van der Waals surface area (Å²) >= 11 is 1.69. The lowest BCUT2D eigenvalue weighted by Crippen LogP contribution is -2.42. The van der Waals surface area contributed by atoms with Crippen LogP contribution in [0.15, 0.2) is 30.3 Å². The predicted molar refractivity (Wildman–Crippen MR) is 80.6 cm³/mol. The van der Waals surface area contributed by atoms with Gasteiger partial charge >= 0.3 is 6.09 Å². The van der Waals surface area contributed by atoms with E-state index in [1.54, 1.807) is 11.8 Å². The van der Waals surface area contributed by atoms with Gasteiger partial charge in [-0.3, -0.25) is 4.79 Å². The van der Waals surface area contributed by atoms with Gasteiger partial charge in [0, 0.05) is 6.54 Å². The van der Waals surface area contributed by atoms with Crippen LogP contribution in [-0.4, -0.2) is 37.1 Å². The van der Waals surface area contributed by atoms with Gasteiger partial charge in [-0.05, 0) is 24.0 Å². The van der Waals surface area contributed by atoms with Crippen LogP contribution in [0.5, 0.6) is 0 Å². The zero-order valence-electron chi connectivity index (χ0n) is 11.5. The van der Waals surface area contributed by atoms with Crippen LogP contribution < -0.4 is 10.6 Å². The highest BCUT2D eigenvalue weighted by Gasteiger charge is 2.12. The Morgan fingerprint density at radius 1 is 1.40 bits per heavy atom. The van der Waals surface area contributed by atoms with Gasteiger partial charge in [-0.25, -0.2) is 4.79 Å². The molecule has 0 aromatic heterocycles. The van der Waals surface area contributed by atoms with Gasteiger partial charge in [0.05, 0.1) is 6.04 Å². The van der Waals surface area contributed by atoms with Gasteiger partial charge in [0.15, 0.2) is 0 Å². The van der Waals surface area contributed by atoms with E-state index in [0.717, 1.165) is 17.7 Å². The smallest absolute Gasteiger partial charge is 0.407 e. The van der Waals surface area contributed by atoms with Crippen LogP contribution in [0, 0.1) is 0 Å². The van der Waals surface area contributed by atoms with Crippen LogP contribution in [0.2, 0.25) is 0 Å². The van der Waals surface area contributed by atoms with Gasteiger partial charge in [0.2, 0.25) is 6.41 Å². The Bertz CT molecular complexity index is 401. The number of hydrogen-bond acceptors (Lipinski definition) is 4. The largest absolute Gasteiger partial charge is 0.445 e. The molecule has 20 heavy (non-hydrogen) atoms. The lowest BCUT2D eigenvalue weighted by molar-refractivity contribution is -0.109. The maximum atomic E-state index is 11.7. The molecule has 110 valence electrons. The molecule has 1 aromatic rings. The van der Waals surface area contributed by atoms with E-state index in [1.165, 1.54) is 0 Å². The minimum atomic E-state index is -0.465. The second kappa shape index (κ2) is 10.1. The first-order valence-corrected chi connectivity index (χ1v) is 7.79. The molecule has 0 saturated carbocycles. The van der Waals surface area contributed by atoms with Crippen molar-refractivity contribution in [2.24, 2.45) is 0 Å². The number of alkyl carbamates (subject to hydrolysis) is 1. The molecular formula is C14H20N2O3S. The maximum Gasteiger partial charge on any atom is 0.407 e. The summed E-state index contributed by atoms with van der Waals surface area (Å²) < 4.78 is 5.15. The summed E-state index contributed by atoms with van der Waals surface area (Å²) in [6.07, 6.45) is 2.94. The van der Waals surface area contributed by atoms with E-state index in [4.69, 9.17) is 4.74 Å². The molecule has 1 unspecified atom stereocenters. The molecule has 2 N–H and O–H groups in total. The Morgan fingerprint density at radius 3 is 2.80 bits per heavy atom. The van der Waals surface area contributed by atoms with Crippen molar-refractivity contribution in [3.05, 3.63) is 35.9 Å². The third-order valence-electron chi connectivity index (χ3n) is 2.65. The summed E-state index contributed by atoms with van der Waals surface area (Å²) in [6, 6.07) is 9.37. The molecule has 0 bridgehead atoms. The molecule has 0 fully saturated rings. The van der Waals surface area contributed by atoms with Crippen LogP contribution in [0.4, 0.5) is 4.79 Å². The van der Waals surface area contributed by atoms with Crippen LogP contribution in [0.25, 0.3) is 0 Å². The van der Waals surface area contributed by atoms with Gasteiger partial charge in [0.1, 0.15) is 6.61 Å². The van der Waals surface area contributed by atoms with Crippen molar-refractivity contribution in [1.29, 1.82) is 0 Å². The summed E-state index contributed by atoms with van der Waals surface area (Å²) in [6.45, 7) is 0.646. The summed E-state index contributed by atoms with van der Waals surface area (Å²) in [5.74, 6) is 0.907. The van der Waals surface area contributed by atoms with Crippen LogP contribution in [-0.2, 0) is 16.1 Å². The molecule has 0 saturated heterocycles. The zero-order chi connectivity index (χ0) is 14.6. The van der Waals surface area contributed by atoms with Crippen molar-refractivity contribution in [1.82, 2.24) is 10.6 Å². The fourth-order valence-corrected chi connectivity index (χ4v) is 2.13. The molecule has 1 aromatic carbocycles. The second-order valence-electron chi connectivity index (χ2n) is 4.21. The number of amides is 2. The Kier molecular flexibility index (Phi) is 8.30. The zero-order valence-corrected chi connectivity index (χ0v) is 12.3. The standard InChI is InChI=1S/C14H20N2O3S/c1-20-8-7-13(9-15-11-17)16-14(18)19-10-12-5-3-2-4-6-12/h2-6,11,13H,7-10H2,1H3,(H,15,17)(H,16,18). The van der Waals surface area contributed by atoms with E-state index in [1.807, 2.05) is 36.6 Å². The lowest BCUT2D eigenvalue weighted by Gasteiger charge is -2.17. The van der Waals surface area contributed by atoms with Gasteiger partial charge in [-0.15, -0.1) is 0 Å². The average molecular weight is 296 g/mol. The number of thioether (sulfide) groups is 1. The number of rotatable bonds is 9. The minimum Gasteiger partial charge on any atom is -0.445 e. The summed E-state index contributed by atoms with van der Waals surface area (Å²) in [4.78, 5) is 22.0. The van der Waals surface area contributed by atoms with Gasteiger partial charge in [-0.2, -0.15) is 11.8 Å². The highest BCUT2D eigenvalue weighted by molar-refractivity contribution is 7.98. The molecule has 0 heterocycles. The van der Waals surface area contributed by atoms with Crippen molar-refractivity contribution in [3.8, 4) is 0 Å². The third-order valence-corrected chi connectivity index (χ3v) is 3.30. The van der Waals surface area contributed by atoms with E-state index >= 15 is 0 Å². The highest BCUT2D eigenvalue weighted by atomic mass is 32.2. The Balaban J connectivity index is 2.34. The molecule has 1 atom stereocenters. The predicted octanol–water partition coefficient (Wildman–Crippen LogP) is 1.78. The Labute approximate surface area is 123 Å². The molecule has 6 heteroatoms. The number of ether oxygens (including phenoxy) is 1. The molecule has 1 rings (SSSR count). The summed E-state index contributed by atoms with van der Waals surface area (Å²) in [5.41, 5.74) is 0.939. The fraction of sp³-hybridized carbons (Fsp3) is 0.429. The monoisotopic (exact) mass is 296 g/mol. The van der Waals surface area contributed by atoms with E-state index < -0.39 is 6.09 Å². The van der Waals surface area contributed by atoms with Gasteiger partial charge < -0.3 is 15.4 Å². The molecular weight excluding hydrogens is 276 g/mol. The minimum absolute atomic E-state index is 0.115. The Hall–Kier alpha value is -1.69. The first-order chi connectivity index (χ1) is 9.76. The van der Waals surface area contributed by atoms with Crippen LogP contribution in [0.3, 0.4) is 0 Å². The maximum absolute atomic E-state index is 11.7. The van der Waals surface area contributed by atoms with Crippen LogP contribution >= 0.6 is 11.8 Å². The molecule has 0 aliphatic heterocycles. The number of nitrogens with one attached hydrogen (secondary N) is 2. The topological polar surface area (TPSA) is 67.4 Å². The third kappa shape index (κ3) is 7.04. The number of carbonyl (C=O) groups is 2. The molecule has 0 radical (unpaired) electrons. The number of benzene rings is 1. The van der Waals surface area contributed by atoms with Crippen molar-refractivity contribution in [2.75, 3.05) is 18.6 Å². The van der Waals surface area contributed by atoms with Crippen LogP contribution in [0.1, 0.15) is 12.0 Å². The second-order valence-corrected chi connectivity index (χ2v) is 5.20. The quantitative estimate of drug-likeness (QED) is 0.682. The van der Waals surface area contributed by atoms with Crippen molar-refractivity contribution in [2.45, 2.75) is 19.1 Å². The van der Waals surface area contributed by atoms with Crippen molar-refractivity contribution < 1.29 is 14.3 Å². The fourth-order valence-electron chi connectivity index (χ4n) is 1.61. The number of hydrogen-bond donors (Lipinski definition) is 2. The van der Waals surface area contributed by atoms with Gasteiger partial charge in [0.25, 0.3) is 0 Å². The molecule has 0 aliphatic rings. The SMILES string of the molecule is CSCCC(CNC=O)NC(=O)OCc1ccccc1. The van der Waals surface area contributed by atoms with Gasteiger partial charge in [-0.1, -0.05) is 30.3 Å². The van der Waals surface area contributed by atoms with Crippen molar-refractivity contribution >= 4 is 24.3 Å². The first-order valence-electron chi connectivity index (χ1n) is 6.39. The van der Waals surface area contributed by atoms with E-state index in [2.05, 4.69) is 10.6 Å². The molecule has 0 spiro atoms. The van der Waals surface area contributed by atoms with E-state index in [-0.39, 0.29) is 12.6 Å². The molecule has 5 nitrogen and oxygen atoms in total. The lowest BCUT2D eigenvalue weighted by atomic mass is 10.2. The normalized spacial score (nSPS) is 11.4. The first kappa shape index (κ1) is 16.4. The van der Waals surface area contributed by atoms with E-state index in [9.17, 15) is 9.59 Å². The Morgan fingerprint density at radius 2 is 2.15 bits per heavy atom. The summed E-state index contributed by atoms with van der Waals surface area (Å²) in [7, 11) is 0. The molecule has 2 amide bonds. The van der Waals surface area contributed by atoms with Crippen molar-refractivity contribution in [3.63, 3.8) is 0 Å². The summed E-state index contributed by atoms with van der Waals surface area (Å²) in [5, 5.41) is 5.34. The average Bonchev–Trinajstić information content (AvgIpc) is 2.49.